The molecular weight excluding hydrogens is 374 g/mol. The van der Waals surface area contributed by atoms with Crippen molar-refractivity contribution in [1.29, 1.82) is 0 Å². The van der Waals surface area contributed by atoms with Crippen LogP contribution in [0.5, 0.6) is 0 Å². The van der Waals surface area contributed by atoms with Gasteiger partial charge in [0.25, 0.3) is 11.8 Å². The Bertz CT molecular complexity index is 872. The molecule has 30 heavy (non-hydrogen) atoms. The molecule has 1 atom stereocenters. The Labute approximate surface area is 179 Å². The molecule has 2 amide bonds. The summed E-state index contributed by atoms with van der Waals surface area (Å²) in [7, 11) is 0. The fourth-order valence-corrected chi connectivity index (χ4v) is 3.80. The standard InChI is InChI=1S/C25H33N3O2/c1-4-18(2)17-26-24(29)22-11-7-8-12-23(22)28-15-13-20(14-16-28)27-25(30)21-10-6-5-9-19(21)3/h5-12,18,20H,4,13-17H2,1-3H3,(H,26,29)(H,27,30)/t18-/m0/s1. The van der Waals surface area contributed by atoms with E-state index in [-0.39, 0.29) is 17.9 Å². The maximum absolute atomic E-state index is 12.7. The number of amides is 2. The van der Waals surface area contributed by atoms with Gasteiger partial charge >= 0.3 is 0 Å². The van der Waals surface area contributed by atoms with Crippen molar-refractivity contribution < 1.29 is 9.59 Å². The number of carbonyl (C=O) groups excluding carboxylic acids is 2. The number of nitrogens with one attached hydrogen (secondary N) is 2. The van der Waals surface area contributed by atoms with Crippen LogP contribution in [-0.4, -0.2) is 37.5 Å². The van der Waals surface area contributed by atoms with Crippen molar-refractivity contribution in [3.8, 4) is 0 Å². The predicted octanol–water partition coefficient (Wildman–Crippen LogP) is 4.17. The van der Waals surface area contributed by atoms with E-state index in [0.29, 0.717) is 12.5 Å². The molecule has 160 valence electrons. The second-order valence-corrected chi connectivity index (χ2v) is 8.29. The van der Waals surface area contributed by atoms with Crippen molar-refractivity contribution in [1.82, 2.24) is 10.6 Å². The fourth-order valence-electron chi connectivity index (χ4n) is 3.80. The first-order chi connectivity index (χ1) is 14.5. The molecule has 3 rings (SSSR count). The Balaban J connectivity index is 1.59. The molecule has 5 heteroatoms. The number of rotatable bonds is 7. The van der Waals surface area contributed by atoms with Crippen molar-refractivity contribution in [2.75, 3.05) is 24.5 Å². The van der Waals surface area contributed by atoms with E-state index < -0.39 is 0 Å². The molecule has 1 saturated heterocycles. The fraction of sp³-hybridized carbons (Fsp3) is 0.440. The number of hydrogen-bond donors (Lipinski definition) is 2. The Hall–Kier alpha value is -2.82. The number of nitrogens with zero attached hydrogens (tertiary/aromatic N) is 1. The van der Waals surface area contributed by atoms with Gasteiger partial charge in [0.1, 0.15) is 0 Å². The minimum Gasteiger partial charge on any atom is -0.371 e. The molecule has 0 radical (unpaired) electrons. The van der Waals surface area contributed by atoms with Gasteiger partial charge in [-0.05, 0) is 49.4 Å². The van der Waals surface area contributed by atoms with Gasteiger partial charge in [-0.3, -0.25) is 9.59 Å². The number of anilines is 1. The Morgan fingerprint density at radius 3 is 2.30 bits per heavy atom. The molecule has 0 spiro atoms. The van der Waals surface area contributed by atoms with Crippen molar-refractivity contribution in [3.63, 3.8) is 0 Å². The summed E-state index contributed by atoms with van der Waals surface area (Å²) in [6, 6.07) is 15.6. The van der Waals surface area contributed by atoms with Crippen LogP contribution in [0.15, 0.2) is 48.5 Å². The summed E-state index contributed by atoms with van der Waals surface area (Å²) < 4.78 is 0. The maximum Gasteiger partial charge on any atom is 0.253 e. The molecule has 1 fully saturated rings. The van der Waals surface area contributed by atoms with E-state index in [1.54, 1.807) is 0 Å². The van der Waals surface area contributed by atoms with Gasteiger partial charge in [0.15, 0.2) is 0 Å². The quantitative estimate of drug-likeness (QED) is 0.724. The highest BCUT2D eigenvalue weighted by molar-refractivity contribution is 6.00. The van der Waals surface area contributed by atoms with Crippen molar-refractivity contribution in [3.05, 3.63) is 65.2 Å². The monoisotopic (exact) mass is 407 g/mol. The number of para-hydroxylation sites is 1. The lowest BCUT2D eigenvalue weighted by Crippen LogP contribution is -2.45. The molecule has 1 heterocycles. The predicted molar refractivity (Wildman–Crippen MR) is 122 cm³/mol. The summed E-state index contributed by atoms with van der Waals surface area (Å²) >= 11 is 0. The van der Waals surface area contributed by atoms with E-state index in [4.69, 9.17) is 0 Å². The summed E-state index contributed by atoms with van der Waals surface area (Å²) in [5.74, 6) is 0.450. The maximum atomic E-state index is 12.7. The molecule has 2 N–H and O–H groups in total. The second-order valence-electron chi connectivity index (χ2n) is 8.29. The first kappa shape index (κ1) is 21.9. The highest BCUT2D eigenvalue weighted by Crippen LogP contribution is 2.24. The van der Waals surface area contributed by atoms with Gasteiger partial charge in [0, 0.05) is 36.9 Å². The normalized spacial score (nSPS) is 15.5. The number of aryl methyl sites for hydroxylation is 1. The van der Waals surface area contributed by atoms with Gasteiger partial charge in [0.2, 0.25) is 0 Å². The average molecular weight is 408 g/mol. The Morgan fingerprint density at radius 1 is 1.00 bits per heavy atom. The lowest BCUT2D eigenvalue weighted by atomic mass is 10.0. The average Bonchev–Trinajstić information content (AvgIpc) is 2.78. The molecular formula is C25H33N3O2. The van der Waals surface area contributed by atoms with Gasteiger partial charge < -0.3 is 15.5 Å². The van der Waals surface area contributed by atoms with Crippen molar-refractivity contribution in [2.24, 2.45) is 5.92 Å². The number of piperidine rings is 1. The van der Waals surface area contributed by atoms with Gasteiger partial charge in [-0.25, -0.2) is 0 Å². The molecule has 1 aliphatic rings. The first-order valence-electron chi connectivity index (χ1n) is 11.0. The van der Waals surface area contributed by atoms with Crippen LogP contribution in [-0.2, 0) is 0 Å². The molecule has 0 unspecified atom stereocenters. The molecule has 2 aromatic carbocycles. The van der Waals surface area contributed by atoms with Crippen LogP contribution < -0.4 is 15.5 Å². The largest absolute Gasteiger partial charge is 0.371 e. The van der Waals surface area contributed by atoms with Gasteiger partial charge in [-0.15, -0.1) is 0 Å². The van der Waals surface area contributed by atoms with Crippen LogP contribution in [0.1, 0.15) is 59.4 Å². The molecule has 0 saturated carbocycles. The van der Waals surface area contributed by atoms with Crippen LogP contribution in [0.25, 0.3) is 0 Å². The zero-order valence-corrected chi connectivity index (χ0v) is 18.3. The number of benzene rings is 2. The lowest BCUT2D eigenvalue weighted by molar-refractivity contribution is 0.0928. The minimum atomic E-state index is -0.0131. The van der Waals surface area contributed by atoms with Gasteiger partial charge in [-0.2, -0.15) is 0 Å². The van der Waals surface area contributed by atoms with Crippen molar-refractivity contribution in [2.45, 2.75) is 46.1 Å². The highest BCUT2D eigenvalue weighted by atomic mass is 16.2. The van der Waals surface area contributed by atoms with Crippen LogP contribution in [0.3, 0.4) is 0 Å². The molecule has 1 aliphatic heterocycles. The van der Waals surface area contributed by atoms with E-state index in [1.807, 2.05) is 55.5 Å². The molecule has 0 aliphatic carbocycles. The second kappa shape index (κ2) is 10.3. The van der Waals surface area contributed by atoms with E-state index in [2.05, 4.69) is 29.4 Å². The lowest BCUT2D eigenvalue weighted by Gasteiger charge is -2.35. The van der Waals surface area contributed by atoms with E-state index in [1.165, 1.54) is 0 Å². The summed E-state index contributed by atoms with van der Waals surface area (Å²) in [5, 5.41) is 6.24. The van der Waals surface area contributed by atoms with Crippen LogP contribution in [0.4, 0.5) is 5.69 Å². The molecule has 0 aromatic heterocycles. The Morgan fingerprint density at radius 2 is 1.63 bits per heavy atom. The number of carbonyl (C=O) groups is 2. The third-order valence-corrected chi connectivity index (χ3v) is 6.02. The zero-order valence-electron chi connectivity index (χ0n) is 18.3. The molecule has 5 nitrogen and oxygen atoms in total. The number of hydrogen-bond acceptors (Lipinski definition) is 3. The molecule has 0 bridgehead atoms. The van der Waals surface area contributed by atoms with Crippen LogP contribution in [0, 0.1) is 12.8 Å². The Kier molecular flexibility index (Phi) is 7.50. The SMILES string of the molecule is CC[C@H](C)CNC(=O)c1ccccc1N1CCC(NC(=O)c2ccccc2C)CC1. The summed E-state index contributed by atoms with van der Waals surface area (Å²) in [6.45, 7) is 8.55. The van der Waals surface area contributed by atoms with Crippen molar-refractivity contribution >= 4 is 17.5 Å². The zero-order chi connectivity index (χ0) is 21.5. The van der Waals surface area contributed by atoms with Crippen LogP contribution >= 0.6 is 0 Å². The first-order valence-corrected chi connectivity index (χ1v) is 11.0. The molecule has 2 aromatic rings. The third-order valence-electron chi connectivity index (χ3n) is 6.02. The van der Waals surface area contributed by atoms with Gasteiger partial charge in [0.05, 0.1) is 5.56 Å². The van der Waals surface area contributed by atoms with E-state index in [9.17, 15) is 9.59 Å². The summed E-state index contributed by atoms with van der Waals surface area (Å²) in [6.07, 6.45) is 2.77. The minimum absolute atomic E-state index is 0.00336. The third kappa shape index (κ3) is 5.41. The van der Waals surface area contributed by atoms with E-state index in [0.717, 1.165) is 54.7 Å². The highest BCUT2D eigenvalue weighted by Gasteiger charge is 2.24. The van der Waals surface area contributed by atoms with Crippen LogP contribution in [0.2, 0.25) is 0 Å². The smallest absolute Gasteiger partial charge is 0.253 e. The summed E-state index contributed by atoms with van der Waals surface area (Å²) in [4.78, 5) is 27.6. The van der Waals surface area contributed by atoms with Gasteiger partial charge in [-0.1, -0.05) is 50.6 Å². The van der Waals surface area contributed by atoms with E-state index >= 15 is 0 Å². The summed E-state index contributed by atoms with van der Waals surface area (Å²) in [5.41, 5.74) is 3.43. The topological polar surface area (TPSA) is 61.4 Å².